The van der Waals surface area contributed by atoms with E-state index in [-0.39, 0.29) is 0 Å². The Kier molecular flexibility index (Phi) is 5.69. The van der Waals surface area contributed by atoms with Crippen molar-refractivity contribution in [2.45, 2.75) is 0 Å². The van der Waals surface area contributed by atoms with Crippen molar-refractivity contribution >= 4 is 59.6 Å². The van der Waals surface area contributed by atoms with Crippen molar-refractivity contribution in [1.82, 2.24) is 15.0 Å². The van der Waals surface area contributed by atoms with Crippen molar-refractivity contribution < 1.29 is 11.9 Å². The maximum atomic E-state index is 5.01. The minimum absolute atomic E-state index is 0.866. The van der Waals surface area contributed by atoms with Crippen LogP contribution >= 0.6 is 37.7 Å². The number of hydrogen-bond acceptors (Lipinski definition) is 2. The standard InChI is InChI=1S/C16H11N3.4ClH.Pt/c1-2-9-14-13(8-1)18-16(19-14)12-7-3-5-11-6-4-10-17-15(11)12;;;;;/h1-10H,(H,18,19);4*1H;/q;;;;;+4/p-4. The summed E-state index contributed by atoms with van der Waals surface area (Å²) in [5.41, 5.74) is 4.04. The van der Waals surface area contributed by atoms with Gasteiger partial charge in [-0.15, -0.1) is 0 Å². The van der Waals surface area contributed by atoms with Crippen molar-refractivity contribution in [2.75, 3.05) is 0 Å². The molecule has 24 heavy (non-hydrogen) atoms. The van der Waals surface area contributed by atoms with Crippen LogP contribution in [0.5, 0.6) is 0 Å². The third kappa shape index (κ3) is 4.62. The van der Waals surface area contributed by atoms with E-state index in [1.54, 1.807) is 0 Å². The summed E-state index contributed by atoms with van der Waals surface area (Å²) in [6.07, 6.45) is 1.81. The number of rotatable bonds is 1. The topological polar surface area (TPSA) is 41.6 Å². The number of fused-ring (bicyclic) bond motifs is 2. The number of pyridine rings is 1. The number of imidazole rings is 1. The maximum absolute atomic E-state index is 5.01. The van der Waals surface area contributed by atoms with E-state index in [0.717, 1.165) is 33.3 Å². The van der Waals surface area contributed by atoms with E-state index in [1.165, 1.54) is 0 Å². The second-order valence-corrected chi connectivity index (χ2v) is 24.5. The molecule has 128 valence electrons. The molecule has 2 aromatic heterocycles. The monoisotopic (exact) mass is 580 g/mol. The zero-order valence-electron chi connectivity index (χ0n) is 12.0. The number of hydrogen-bond donors (Lipinski definition) is 1. The number of halogens is 4. The van der Waals surface area contributed by atoms with Gasteiger partial charge in [0.1, 0.15) is 5.82 Å². The molecule has 0 fully saturated rings. The molecule has 0 saturated heterocycles. The first kappa shape index (κ1) is 18.0. The second kappa shape index (κ2) is 7.59. The summed E-state index contributed by atoms with van der Waals surface area (Å²) in [6, 6.07) is 18.2. The third-order valence-corrected chi connectivity index (χ3v) is 3.28. The molecule has 0 unspecified atom stereocenters. The van der Waals surface area contributed by atoms with E-state index >= 15 is 0 Å². The van der Waals surface area contributed by atoms with Gasteiger partial charge in [0.05, 0.1) is 16.6 Å². The summed E-state index contributed by atoms with van der Waals surface area (Å²) in [6.45, 7) is 0. The Morgan fingerprint density at radius 1 is 0.833 bits per heavy atom. The molecular weight excluding hydrogens is 571 g/mol. The summed E-state index contributed by atoms with van der Waals surface area (Å²) in [4.78, 5) is 12.5. The van der Waals surface area contributed by atoms with Gasteiger partial charge in [0.2, 0.25) is 0 Å². The van der Waals surface area contributed by atoms with Gasteiger partial charge < -0.3 is 4.98 Å². The normalized spacial score (nSPS) is 12.0. The van der Waals surface area contributed by atoms with Gasteiger partial charge in [0, 0.05) is 17.1 Å². The third-order valence-electron chi connectivity index (χ3n) is 3.28. The first-order chi connectivity index (χ1) is 11.4. The van der Waals surface area contributed by atoms with Crippen LogP contribution in [0.1, 0.15) is 0 Å². The molecular formula is C16H11Cl4N3Pt. The molecule has 0 bridgehead atoms. The summed E-state index contributed by atoms with van der Waals surface area (Å²) >= 11 is -3.06. The number of para-hydroxylation sites is 3. The Labute approximate surface area is 157 Å². The summed E-state index contributed by atoms with van der Waals surface area (Å²) < 4.78 is 0. The van der Waals surface area contributed by atoms with Gasteiger partial charge in [0.15, 0.2) is 0 Å². The number of H-pyrrole nitrogens is 1. The van der Waals surface area contributed by atoms with Gasteiger partial charge in [-0.1, -0.05) is 30.3 Å². The SMILES string of the molecule is [Cl][Pt]([Cl])([Cl])[Cl].c1cnc2c(-c3nc4ccccc4[nH]3)cccc2c1. The molecule has 0 spiro atoms. The Morgan fingerprint density at radius 2 is 1.54 bits per heavy atom. The number of benzene rings is 2. The van der Waals surface area contributed by atoms with Crippen molar-refractivity contribution in [3.63, 3.8) is 0 Å². The molecule has 2 aromatic carbocycles. The quantitative estimate of drug-likeness (QED) is 0.278. The van der Waals surface area contributed by atoms with Gasteiger partial charge >= 0.3 is 49.6 Å². The van der Waals surface area contributed by atoms with Crippen LogP contribution in [0, 0.1) is 0 Å². The minimum atomic E-state index is -3.06. The van der Waals surface area contributed by atoms with Crippen LogP contribution in [0.2, 0.25) is 0 Å². The van der Waals surface area contributed by atoms with Crippen molar-refractivity contribution in [1.29, 1.82) is 0 Å². The van der Waals surface area contributed by atoms with E-state index in [0.29, 0.717) is 0 Å². The average molecular weight is 582 g/mol. The fourth-order valence-electron chi connectivity index (χ4n) is 2.38. The molecule has 2 heterocycles. The molecule has 1 N–H and O–H groups in total. The van der Waals surface area contributed by atoms with E-state index in [4.69, 9.17) is 37.7 Å². The molecule has 0 radical (unpaired) electrons. The van der Waals surface area contributed by atoms with E-state index in [9.17, 15) is 0 Å². The van der Waals surface area contributed by atoms with E-state index in [2.05, 4.69) is 27.1 Å². The fraction of sp³-hybridized carbons (Fsp3) is 0. The van der Waals surface area contributed by atoms with Gasteiger partial charge in [-0.2, -0.15) is 0 Å². The first-order valence-corrected chi connectivity index (χ1v) is 17.9. The molecule has 0 saturated carbocycles. The molecule has 0 amide bonds. The van der Waals surface area contributed by atoms with Crippen LogP contribution in [0.15, 0.2) is 60.8 Å². The summed E-state index contributed by atoms with van der Waals surface area (Å²) in [5, 5.41) is 1.13. The maximum Gasteiger partial charge on any atom is 0.140 e. The van der Waals surface area contributed by atoms with E-state index in [1.807, 2.05) is 48.7 Å². The predicted octanol–water partition coefficient (Wildman–Crippen LogP) is 6.53. The second-order valence-electron chi connectivity index (χ2n) is 4.75. The summed E-state index contributed by atoms with van der Waals surface area (Å²) in [5.74, 6) is 0.866. The minimum Gasteiger partial charge on any atom is -0.338 e. The molecule has 4 aromatic rings. The first-order valence-electron chi connectivity index (χ1n) is 6.68. The smallest absolute Gasteiger partial charge is 0.140 e. The number of nitrogens with zero attached hydrogens (tertiary/aromatic N) is 2. The van der Waals surface area contributed by atoms with Crippen LogP contribution in [-0.2, 0) is 11.9 Å². The predicted molar refractivity (Wildman–Crippen MR) is 100 cm³/mol. The van der Waals surface area contributed by atoms with Crippen molar-refractivity contribution in [2.24, 2.45) is 0 Å². The molecule has 0 aliphatic rings. The van der Waals surface area contributed by atoms with Crippen LogP contribution < -0.4 is 0 Å². The van der Waals surface area contributed by atoms with Gasteiger partial charge in [0.25, 0.3) is 0 Å². The molecule has 4 rings (SSSR count). The fourth-order valence-corrected chi connectivity index (χ4v) is 2.38. The van der Waals surface area contributed by atoms with Crippen LogP contribution in [0.25, 0.3) is 33.3 Å². The Morgan fingerprint density at radius 3 is 2.29 bits per heavy atom. The molecule has 8 heteroatoms. The van der Waals surface area contributed by atoms with Gasteiger partial charge in [-0.3, -0.25) is 4.98 Å². The van der Waals surface area contributed by atoms with E-state index < -0.39 is 11.9 Å². The molecule has 0 atom stereocenters. The zero-order chi connectivity index (χ0) is 17.2. The molecule has 0 aliphatic carbocycles. The number of aromatic amines is 1. The van der Waals surface area contributed by atoms with Gasteiger partial charge in [-0.05, 0) is 24.3 Å². The molecule has 3 nitrogen and oxygen atoms in total. The number of aromatic nitrogens is 3. The van der Waals surface area contributed by atoms with Crippen molar-refractivity contribution in [3.8, 4) is 11.4 Å². The Hall–Kier alpha value is -0.832. The average Bonchev–Trinajstić information content (AvgIpc) is 2.96. The number of nitrogens with one attached hydrogen (secondary N) is 1. The summed E-state index contributed by atoms with van der Waals surface area (Å²) in [7, 11) is 20.0. The molecule has 0 aliphatic heterocycles. The van der Waals surface area contributed by atoms with Gasteiger partial charge in [-0.25, -0.2) is 4.98 Å². The van der Waals surface area contributed by atoms with Crippen molar-refractivity contribution in [3.05, 3.63) is 60.8 Å². The Bertz CT molecular complexity index is 937. The van der Waals surface area contributed by atoms with Crippen LogP contribution in [0.3, 0.4) is 0 Å². The van der Waals surface area contributed by atoms with Crippen LogP contribution in [-0.4, -0.2) is 15.0 Å². The Balaban J connectivity index is 0.000000300. The zero-order valence-corrected chi connectivity index (χ0v) is 17.3. The van der Waals surface area contributed by atoms with Crippen LogP contribution in [0.4, 0.5) is 0 Å². The largest absolute Gasteiger partial charge is 0.338 e.